The van der Waals surface area contributed by atoms with Gasteiger partial charge in [0.05, 0.1) is 5.56 Å². The van der Waals surface area contributed by atoms with Crippen LogP contribution in [0.2, 0.25) is 0 Å². The molecule has 28 heavy (non-hydrogen) atoms. The van der Waals surface area contributed by atoms with Crippen molar-refractivity contribution < 1.29 is 28.6 Å². The van der Waals surface area contributed by atoms with Gasteiger partial charge in [-0.25, -0.2) is 13.6 Å². The third kappa shape index (κ3) is 3.34. The van der Waals surface area contributed by atoms with E-state index in [1.807, 2.05) is 0 Å². The van der Waals surface area contributed by atoms with E-state index in [-0.39, 0.29) is 38.6 Å². The molecule has 0 aliphatic heterocycles. The number of benzene rings is 2. The van der Waals surface area contributed by atoms with Crippen molar-refractivity contribution in [2.45, 2.75) is 13.8 Å². The Morgan fingerprint density at radius 3 is 2.39 bits per heavy atom. The number of phenolic OH excluding ortho intramolecular Hbond substituents is 1. The number of aryl methyl sites for hydroxylation is 2. The number of carbonyl (C=O) groups is 2. The van der Waals surface area contributed by atoms with Crippen LogP contribution in [0.1, 0.15) is 31.8 Å². The highest BCUT2D eigenvalue weighted by molar-refractivity contribution is 7.15. The zero-order valence-corrected chi connectivity index (χ0v) is 15.7. The molecular weight excluding hydrogens is 388 g/mol. The van der Waals surface area contributed by atoms with Crippen molar-refractivity contribution in [3.63, 3.8) is 0 Å². The standard InChI is InChI=1S/C20H15F2NO4S/c1-9-6-7-11(16(22)15(9)21)13-8-28-19(14(13)20(26)27)23-18(25)12-5-3-4-10(2)17(12)24/h3-8,24H,1-2H3,(H,23,25)(H,26,27). The molecule has 0 saturated carbocycles. The van der Waals surface area contributed by atoms with Crippen LogP contribution in [0.4, 0.5) is 13.8 Å². The van der Waals surface area contributed by atoms with Gasteiger partial charge in [0.2, 0.25) is 0 Å². The van der Waals surface area contributed by atoms with Crippen LogP contribution in [0.15, 0.2) is 35.7 Å². The van der Waals surface area contributed by atoms with E-state index in [2.05, 4.69) is 5.32 Å². The Labute approximate surface area is 162 Å². The quantitative estimate of drug-likeness (QED) is 0.574. The number of para-hydroxylation sites is 1. The van der Waals surface area contributed by atoms with Gasteiger partial charge >= 0.3 is 5.97 Å². The number of thiophene rings is 1. The van der Waals surface area contributed by atoms with E-state index in [4.69, 9.17) is 0 Å². The first-order valence-electron chi connectivity index (χ1n) is 8.12. The normalized spacial score (nSPS) is 10.7. The highest BCUT2D eigenvalue weighted by Crippen LogP contribution is 2.38. The fourth-order valence-corrected chi connectivity index (χ4v) is 3.67. The van der Waals surface area contributed by atoms with Crippen molar-refractivity contribution in [1.29, 1.82) is 0 Å². The summed E-state index contributed by atoms with van der Waals surface area (Å²) < 4.78 is 28.3. The average Bonchev–Trinajstić information content (AvgIpc) is 3.05. The molecule has 0 saturated heterocycles. The van der Waals surface area contributed by atoms with Crippen LogP contribution in [0.5, 0.6) is 5.75 Å². The summed E-state index contributed by atoms with van der Waals surface area (Å²) in [6.45, 7) is 3.01. The lowest BCUT2D eigenvalue weighted by molar-refractivity contribution is 0.0699. The van der Waals surface area contributed by atoms with Gasteiger partial charge in [0.25, 0.3) is 5.91 Å². The Bertz CT molecular complexity index is 1110. The van der Waals surface area contributed by atoms with Crippen LogP contribution in [0.25, 0.3) is 11.1 Å². The zero-order chi connectivity index (χ0) is 20.6. The topological polar surface area (TPSA) is 86.6 Å². The molecule has 5 nitrogen and oxygen atoms in total. The van der Waals surface area contributed by atoms with Gasteiger partial charge in [-0.2, -0.15) is 0 Å². The largest absolute Gasteiger partial charge is 0.507 e. The second kappa shape index (κ2) is 7.40. The van der Waals surface area contributed by atoms with E-state index in [1.165, 1.54) is 30.5 Å². The van der Waals surface area contributed by atoms with Gasteiger partial charge in [-0.3, -0.25) is 4.79 Å². The summed E-state index contributed by atoms with van der Waals surface area (Å²) in [7, 11) is 0. The molecule has 0 bridgehead atoms. The molecule has 2 aromatic carbocycles. The first kappa shape index (κ1) is 19.5. The second-order valence-corrected chi connectivity index (χ2v) is 7.02. The number of phenols is 1. The summed E-state index contributed by atoms with van der Waals surface area (Å²) in [6.07, 6.45) is 0. The summed E-state index contributed by atoms with van der Waals surface area (Å²) in [4.78, 5) is 24.3. The second-order valence-electron chi connectivity index (χ2n) is 6.14. The van der Waals surface area contributed by atoms with E-state index in [0.29, 0.717) is 5.56 Å². The maximum absolute atomic E-state index is 14.3. The number of carboxylic acids is 1. The summed E-state index contributed by atoms with van der Waals surface area (Å²) >= 11 is 0.868. The summed E-state index contributed by atoms with van der Waals surface area (Å²) in [6, 6.07) is 7.22. The molecule has 0 spiro atoms. The van der Waals surface area contributed by atoms with Crippen LogP contribution in [0, 0.1) is 25.5 Å². The first-order valence-corrected chi connectivity index (χ1v) is 9.00. The number of nitrogens with one attached hydrogen (secondary N) is 1. The monoisotopic (exact) mass is 403 g/mol. The molecule has 3 aromatic rings. The lowest BCUT2D eigenvalue weighted by Gasteiger charge is -2.09. The van der Waals surface area contributed by atoms with Crippen LogP contribution in [-0.2, 0) is 0 Å². The SMILES string of the molecule is Cc1cccc(C(=O)Nc2scc(-c3ccc(C)c(F)c3F)c2C(=O)O)c1O. The number of aromatic hydroxyl groups is 1. The van der Waals surface area contributed by atoms with E-state index < -0.39 is 23.5 Å². The van der Waals surface area contributed by atoms with E-state index >= 15 is 0 Å². The minimum absolute atomic E-state index is 0.0288. The Morgan fingerprint density at radius 1 is 1.00 bits per heavy atom. The maximum Gasteiger partial charge on any atom is 0.339 e. The summed E-state index contributed by atoms with van der Waals surface area (Å²) in [5.74, 6) is -4.56. The molecule has 1 amide bonds. The molecule has 0 radical (unpaired) electrons. The molecular formula is C20H15F2NO4S. The van der Waals surface area contributed by atoms with Crippen molar-refractivity contribution in [2.24, 2.45) is 0 Å². The van der Waals surface area contributed by atoms with Gasteiger partial charge in [0, 0.05) is 16.5 Å². The van der Waals surface area contributed by atoms with Gasteiger partial charge < -0.3 is 15.5 Å². The molecule has 0 atom stereocenters. The van der Waals surface area contributed by atoms with Gasteiger partial charge in [-0.15, -0.1) is 11.3 Å². The van der Waals surface area contributed by atoms with Crippen molar-refractivity contribution >= 4 is 28.2 Å². The summed E-state index contributed by atoms with van der Waals surface area (Å²) in [5, 5.41) is 23.3. The third-order valence-electron chi connectivity index (χ3n) is 4.28. The van der Waals surface area contributed by atoms with Crippen molar-refractivity contribution in [1.82, 2.24) is 0 Å². The molecule has 3 N–H and O–H groups in total. The number of halogens is 2. The predicted molar refractivity (Wildman–Crippen MR) is 102 cm³/mol. The minimum Gasteiger partial charge on any atom is -0.507 e. The van der Waals surface area contributed by atoms with E-state index in [0.717, 1.165) is 11.3 Å². The highest BCUT2D eigenvalue weighted by atomic mass is 32.1. The Hall–Kier alpha value is -3.26. The van der Waals surface area contributed by atoms with Gasteiger partial charge in [0.1, 0.15) is 16.3 Å². The number of anilines is 1. The number of hydrogen-bond donors (Lipinski definition) is 3. The molecule has 0 aliphatic rings. The first-order chi connectivity index (χ1) is 13.2. The Morgan fingerprint density at radius 2 is 1.71 bits per heavy atom. The molecule has 0 fully saturated rings. The average molecular weight is 403 g/mol. The third-order valence-corrected chi connectivity index (χ3v) is 5.18. The van der Waals surface area contributed by atoms with Crippen molar-refractivity contribution in [2.75, 3.05) is 5.32 Å². The van der Waals surface area contributed by atoms with Crippen molar-refractivity contribution in [3.8, 4) is 16.9 Å². The van der Waals surface area contributed by atoms with Crippen LogP contribution < -0.4 is 5.32 Å². The zero-order valence-electron chi connectivity index (χ0n) is 14.8. The van der Waals surface area contributed by atoms with Crippen molar-refractivity contribution in [3.05, 3.63) is 69.6 Å². The number of hydrogen-bond acceptors (Lipinski definition) is 4. The number of aromatic carboxylic acids is 1. The number of carboxylic acid groups (broad SMARTS) is 1. The molecule has 8 heteroatoms. The fourth-order valence-electron chi connectivity index (χ4n) is 2.73. The molecule has 3 rings (SSSR count). The molecule has 0 aliphatic carbocycles. The fraction of sp³-hybridized carbons (Fsp3) is 0.100. The molecule has 1 heterocycles. The smallest absolute Gasteiger partial charge is 0.339 e. The maximum atomic E-state index is 14.3. The van der Waals surface area contributed by atoms with Gasteiger partial charge in [-0.1, -0.05) is 24.3 Å². The molecule has 1 aromatic heterocycles. The Balaban J connectivity index is 2.05. The number of amides is 1. The predicted octanol–water partition coefficient (Wildman–Crippen LogP) is 4.97. The molecule has 0 unspecified atom stereocenters. The van der Waals surface area contributed by atoms with Gasteiger partial charge in [0.15, 0.2) is 11.6 Å². The molecule has 144 valence electrons. The van der Waals surface area contributed by atoms with Gasteiger partial charge in [-0.05, 0) is 31.0 Å². The van der Waals surface area contributed by atoms with E-state index in [9.17, 15) is 28.6 Å². The van der Waals surface area contributed by atoms with Crippen LogP contribution >= 0.6 is 11.3 Å². The van der Waals surface area contributed by atoms with Crippen LogP contribution in [0.3, 0.4) is 0 Å². The highest BCUT2D eigenvalue weighted by Gasteiger charge is 2.25. The Kier molecular flexibility index (Phi) is 5.15. The lowest BCUT2D eigenvalue weighted by atomic mass is 10.0. The van der Waals surface area contributed by atoms with E-state index in [1.54, 1.807) is 19.1 Å². The lowest BCUT2D eigenvalue weighted by Crippen LogP contribution is -2.14. The summed E-state index contributed by atoms with van der Waals surface area (Å²) in [5.41, 5.74) is -0.0632. The van der Waals surface area contributed by atoms with Crippen LogP contribution in [-0.4, -0.2) is 22.1 Å². The minimum atomic E-state index is -1.40. The number of rotatable bonds is 4. The number of carbonyl (C=O) groups excluding carboxylic acids is 1.